The Hall–Kier alpha value is -2.86. The van der Waals surface area contributed by atoms with Gasteiger partial charge < -0.3 is 14.2 Å². The third kappa shape index (κ3) is 6.10. The molecule has 0 saturated heterocycles. The van der Waals surface area contributed by atoms with E-state index in [9.17, 15) is 4.79 Å². The maximum absolute atomic E-state index is 11.8. The van der Waals surface area contributed by atoms with Gasteiger partial charge in [0.2, 0.25) is 0 Å². The molecule has 0 aliphatic carbocycles. The lowest BCUT2D eigenvalue weighted by Crippen LogP contribution is -2.45. The molecule has 3 aromatic rings. The third-order valence-corrected chi connectivity index (χ3v) is 6.53. The van der Waals surface area contributed by atoms with Crippen LogP contribution in [0.1, 0.15) is 11.1 Å². The van der Waals surface area contributed by atoms with Gasteiger partial charge in [-0.1, -0.05) is 78.9 Å². The molecular formula is C27H26O4S. The van der Waals surface area contributed by atoms with Crippen LogP contribution >= 0.6 is 11.8 Å². The Kier molecular flexibility index (Phi) is 8.15. The van der Waals surface area contributed by atoms with Crippen molar-refractivity contribution in [1.82, 2.24) is 0 Å². The van der Waals surface area contributed by atoms with Crippen LogP contribution in [0, 0.1) is 0 Å². The Morgan fingerprint density at radius 1 is 0.812 bits per heavy atom. The average Bonchev–Trinajstić information content (AvgIpc) is 2.85. The largest absolute Gasteiger partial charge is 0.492 e. The van der Waals surface area contributed by atoms with Crippen LogP contribution in [0.4, 0.5) is 0 Å². The van der Waals surface area contributed by atoms with E-state index in [0.29, 0.717) is 25.4 Å². The Bertz CT molecular complexity index is 992. The molecule has 0 unspecified atom stereocenters. The number of ether oxygens (including phenoxy) is 3. The summed E-state index contributed by atoms with van der Waals surface area (Å²) in [5.74, 6) is 0. The van der Waals surface area contributed by atoms with E-state index in [1.807, 2.05) is 91.0 Å². The molecule has 3 aromatic carbocycles. The van der Waals surface area contributed by atoms with Gasteiger partial charge in [0.25, 0.3) is 0 Å². The van der Waals surface area contributed by atoms with Crippen LogP contribution in [0.5, 0.6) is 0 Å². The van der Waals surface area contributed by atoms with Crippen LogP contribution in [0.2, 0.25) is 0 Å². The fourth-order valence-electron chi connectivity index (χ4n) is 3.53. The highest BCUT2D eigenvalue weighted by atomic mass is 32.2. The zero-order valence-electron chi connectivity index (χ0n) is 17.7. The van der Waals surface area contributed by atoms with E-state index in [-0.39, 0.29) is 17.5 Å². The molecule has 1 aliphatic heterocycles. The van der Waals surface area contributed by atoms with Crippen LogP contribution in [0.3, 0.4) is 0 Å². The van der Waals surface area contributed by atoms with E-state index < -0.39 is 0 Å². The van der Waals surface area contributed by atoms with Crippen molar-refractivity contribution in [3.8, 4) is 0 Å². The smallest absolute Gasteiger partial charge is 0.150 e. The number of rotatable bonds is 10. The van der Waals surface area contributed by atoms with Crippen molar-refractivity contribution in [2.75, 3.05) is 6.61 Å². The predicted octanol–water partition coefficient (Wildman–Crippen LogP) is 5.43. The second-order valence-corrected chi connectivity index (χ2v) is 8.74. The summed E-state index contributed by atoms with van der Waals surface area (Å²) in [7, 11) is 0. The molecule has 3 atom stereocenters. The van der Waals surface area contributed by atoms with E-state index >= 15 is 0 Å². The average molecular weight is 447 g/mol. The highest BCUT2D eigenvalue weighted by molar-refractivity contribution is 8.00. The third-order valence-electron chi connectivity index (χ3n) is 5.19. The first-order chi connectivity index (χ1) is 15.8. The summed E-state index contributed by atoms with van der Waals surface area (Å²) in [6.07, 6.45) is 1.75. The molecular weight excluding hydrogens is 420 g/mol. The quantitative estimate of drug-likeness (QED) is 0.389. The molecule has 0 radical (unpaired) electrons. The number of thioether (sulfide) groups is 1. The van der Waals surface area contributed by atoms with E-state index in [1.165, 1.54) is 0 Å². The van der Waals surface area contributed by atoms with Crippen LogP contribution in [-0.4, -0.2) is 30.4 Å². The number of hydrogen-bond donors (Lipinski definition) is 0. The second kappa shape index (κ2) is 11.7. The lowest BCUT2D eigenvalue weighted by molar-refractivity contribution is -0.110. The molecule has 4 nitrogen and oxygen atoms in total. The molecule has 32 heavy (non-hydrogen) atoms. The molecule has 0 bridgehead atoms. The number of hydrogen-bond acceptors (Lipinski definition) is 5. The van der Waals surface area contributed by atoms with Gasteiger partial charge in [0.05, 0.1) is 31.3 Å². The molecule has 5 heteroatoms. The first kappa shape index (κ1) is 22.3. The molecule has 0 fully saturated rings. The van der Waals surface area contributed by atoms with Crippen molar-refractivity contribution in [2.45, 2.75) is 35.6 Å². The summed E-state index contributed by atoms with van der Waals surface area (Å²) in [4.78, 5) is 12.9. The van der Waals surface area contributed by atoms with Crippen molar-refractivity contribution in [3.63, 3.8) is 0 Å². The molecule has 0 amide bonds. The van der Waals surface area contributed by atoms with E-state index in [2.05, 4.69) is 0 Å². The van der Waals surface area contributed by atoms with Gasteiger partial charge in [-0.15, -0.1) is 11.8 Å². The van der Waals surface area contributed by atoms with Crippen molar-refractivity contribution < 1.29 is 19.0 Å². The summed E-state index contributed by atoms with van der Waals surface area (Å²) >= 11 is 1.61. The lowest BCUT2D eigenvalue weighted by Gasteiger charge is -2.36. The van der Waals surface area contributed by atoms with Crippen molar-refractivity contribution in [1.29, 1.82) is 0 Å². The Morgan fingerprint density at radius 3 is 2.03 bits per heavy atom. The first-order valence-electron chi connectivity index (χ1n) is 10.6. The van der Waals surface area contributed by atoms with Crippen molar-refractivity contribution in [2.24, 2.45) is 0 Å². The van der Waals surface area contributed by atoms with Gasteiger partial charge in [0.1, 0.15) is 18.5 Å². The Morgan fingerprint density at radius 2 is 1.41 bits per heavy atom. The minimum absolute atomic E-state index is 0.197. The highest BCUT2D eigenvalue weighted by Gasteiger charge is 2.38. The normalized spacial score (nSPS) is 20.2. The van der Waals surface area contributed by atoms with Gasteiger partial charge in [0, 0.05) is 10.5 Å². The number of benzene rings is 3. The first-order valence-corrected chi connectivity index (χ1v) is 11.5. The molecule has 1 heterocycles. The number of aldehydes is 1. The van der Waals surface area contributed by atoms with Crippen LogP contribution < -0.4 is 0 Å². The summed E-state index contributed by atoms with van der Waals surface area (Å²) in [5.41, 5.74) is 2.75. The molecule has 0 aromatic heterocycles. The van der Waals surface area contributed by atoms with Crippen molar-refractivity contribution >= 4 is 18.0 Å². The zero-order chi connectivity index (χ0) is 22.0. The summed E-state index contributed by atoms with van der Waals surface area (Å²) < 4.78 is 18.3. The minimum atomic E-state index is -0.346. The topological polar surface area (TPSA) is 44.8 Å². The predicted molar refractivity (Wildman–Crippen MR) is 126 cm³/mol. The minimum Gasteiger partial charge on any atom is -0.492 e. The Labute approximate surface area is 193 Å². The maximum Gasteiger partial charge on any atom is 0.150 e. The second-order valence-electron chi connectivity index (χ2n) is 7.52. The van der Waals surface area contributed by atoms with Gasteiger partial charge >= 0.3 is 0 Å². The van der Waals surface area contributed by atoms with Crippen molar-refractivity contribution in [3.05, 3.63) is 114 Å². The SMILES string of the molecule is O=CC1=CO[C@H](COCc2ccccc2)[C@H](OCc2ccccc2)[C@H]1Sc1ccccc1. The van der Waals surface area contributed by atoms with Crippen LogP contribution in [0.25, 0.3) is 0 Å². The standard InChI is InChI=1S/C27H26O4S/c28-16-23-19-30-25(20-29-17-21-10-4-1-5-11-21)26(31-18-22-12-6-2-7-13-22)27(23)32-24-14-8-3-9-15-24/h1-16,19,25-27H,17-18,20H2/t25-,26+,27+/m1/s1. The van der Waals surface area contributed by atoms with Gasteiger partial charge in [-0.05, 0) is 23.3 Å². The Balaban J connectivity index is 1.50. The zero-order valence-corrected chi connectivity index (χ0v) is 18.5. The number of carbonyl (C=O) groups excluding carboxylic acids is 1. The van der Waals surface area contributed by atoms with E-state index in [4.69, 9.17) is 14.2 Å². The van der Waals surface area contributed by atoms with E-state index in [1.54, 1.807) is 18.0 Å². The summed E-state index contributed by atoms with van der Waals surface area (Å²) in [6.45, 7) is 1.29. The monoisotopic (exact) mass is 446 g/mol. The molecule has 4 rings (SSSR count). The highest BCUT2D eigenvalue weighted by Crippen LogP contribution is 2.36. The van der Waals surface area contributed by atoms with Crippen LogP contribution in [-0.2, 0) is 32.2 Å². The summed E-state index contributed by atoms with van der Waals surface area (Å²) in [5, 5.41) is -0.197. The van der Waals surface area contributed by atoms with Gasteiger partial charge in [-0.3, -0.25) is 4.79 Å². The van der Waals surface area contributed by atoms with Gasteiger partial charge in [-0.2, -0.15) is 0 Å². The van der Waals surface area contributed by atoms with E-state index in [0.717, 1.165) is 22.3 Å². The van der Waals surface area contributed by atoms with Crippen LogP contribution in [0.15, 0.2) is 108 Å². The molecule has 1 aliphatic rings. The van der Waals surface area contributed by atoms with Gasteiger partial charge in [0.15, 0.2) is 0 Å². The molecule has 164 valence electrons. The molecule has 0 spiro atoms. The maximum atomic E-state index is 11.8. The fraction of sp³-hybridized carbons (Fsp3) is 0.222. The fourth-order valence-corrected chi connectivity index (χ4v) is 4.78. The molecule has 0 N–H and O–H groups in total. The molecule has 0 saturated carbocycles. The summed E-state index contributed by atoms with van der Waals surface area (Å²) in [6, 6.07) is 30.1. The number of carbonyl (C=O) groups is 1. The van der Waals surface area contributed by atoms with Gasteiger partial charge in [-0.25, -0.2) is 0 Å². The lowest BCUT2D eigenvalue weighted by atomic mass is 10.0.